The molecule has 5 nitrogen and oxygen atoms in total. The van der Waals surface area contributed by atoms with Crippen LogP contribution in [-0.4, -0.2) is 40.7 Å². The minimum absolute atomic E-state index is 0.00860. The number of thioether (sulfide) groups is 1. The van der Waals surface area contributed by atoms with Crippen LogP contribution in [0.1, 0.15) is 12.8 Å². The zero-order chi connectivity index (χ0) is 12.0. The summed E-state index contributed by atoms with van der Waals surface area (Å²) >= 11 is 1.71. The zero-order valence-electron chi connectivity index (χ0n) is 9.84. The summed E-state index contributed by atoms with van der Waals surface area (Å²) in [5, 5.41) is 5.33. The van der Waals surface area contributed by atoms with E-state index in [1.165, 1.54) is 12.2 Å². The average molecular weight is 243 g/mol. The maximum Gasteiger partial charge on any atom is 0.245 e. The lowest BCUT2D eigenvalue weighted by Gasteiger charge is -2.12. The molecule has 6 heteroatoms. The van der Waals surface area contributed by atoms with Crippen molar-refractivity contribution >= 4 is 17.7 Å². The van der Waals surface area contributed by atoms with Gasteiger partial charge in [-0.1, -0.05) is 0 Å². The van der Waals surface area contributed by atoms with Crippen LogP contribution in [0.15, 0.2) is 17.3 Å². The van der Waals surface area contributed by atoms with Crippen molar-refractivity contribution in [2.24, 2.45) is 7.05 Å². The van der Waals surface area contributed by atoms with E-state index in [-0.39, 0.29) is 5.91 Å². The summed E-state index contributed by atoms with van der Waals surface area (Å²) < 4.78 is 1.77. The van der Waals surface area contributed by atoms with E-state index in [9.17, 15) is 4.79 Å². The van der Waals surface area contributed by atoms with Crippen LogP contribution in [0, 0.1) is 0 Å². The highest BCUT2D eigenvalue weighted by Gasteiger charge is 2.07. The molecule has 1 aromatic heterocycles. The predicted octanol–water partition coefficient (Wildman–Crippen LogP) is 1.31. The lowest BCUT2D eigenvalue weighted by molar-refractivity contribution is -0.168. The molecule has 1 amide bonds. The van der Waals surface area contributed by atoms with Crippen molar-refractivity contribution in [1.82, 2.24) is 14.8 Å². The summed E-state index contributed by atoms with van der Waals surface area (Å²) in [6, 6.07) is 0. The normalized spacial score (nSPS) is 10.4. The van der Waals surface area contributed by atoms with E-state index in [4.69, 9.17) is 4.84 Å². The van der Waals surface area contributed by atoms with E-state index in [1.54, 1.807) is 23.5 Å². The Balaban J connectivity index is 2.15. The third-order valence-electron chi connectivity index (χ3n) is 2.11. The van der Waals surface area contributed by atoms with Crippen LogP contribution in [-0.2, 0) is 16.7 Å². The van der Waals surface area contributed by atoms with Crippen LogP contribution >= 0.6 is 11.8 Å². The second-order valence-corrected chi connectivity index (χ2v) is 4.54. The van der Waals surface area contributed by atoms with Crippen molar-refractivity contribution in [3.63, 3.8) is 0 Å². The third-order valence-corrected chi connectivity index (χ3v) is 3.15. The van der Waals surface area contributed by atoms with Crippen LogP contribution in [0.4, 0.5) is 0 Å². The first-order valence-corrected chi connectivity index (χ1v) is 6.04. The Labute approximate surface area is 99.7 Å². The summed E-state index contributed by atoms with van der Waals surface area (Å²) in [5.74, 6) is 0.920. The van der Waals surface area contributed by atoms with Gasteiger partial charge >= 0.3 is 0 Å². The lowest BCUT2D eigenvalue weighted by Crippen LogP contribution is -2.25. The van der Waals surface area contributed by atoms with Crippen LogP contribution in [0.3, 0.4) is 0 Å². The molecule has 1 rings (SSSR count). The Bertz CT molecular complexity index is 341. The Kier molecular flexibility index (Phi) is 5.34. The van der Waals surface area contributed by atoms with Crippen molar-refractivity contribution in [3.8, 4) is 0 Å². The van der Waals surface area contributed by atoms with Gasteiger partial charge in [-0.2, -0.15) is 5.10 Å². The average Bonchev–Trinajstić information content (AvgIpc) is 2.69. The highest BCUT2D eigenvalue weighted by Crippen LogP contribution is 2.17. The van der Waals surface area contributed by atoms with Crippen LogP contribution in [0.2, 0.25) is 0 Å². The van der Waals surface area contributed by atoms with E-state index < -0.39 is 0 Å². The molecule has 0 aromatic carbocycles. The van der Waals surface area contributed by atoms with E-state index >= 15 is 0 Å². The summed E-state index contributed by atoms with van der Waals surface area (Å²) in [5.41, 5.74) is 0. The first-order chi connectivity index (χ1) is 7.63. The van der Waals surface area contributed by atoms with Gasteiger partial charge in [0.1, 0.15) is 0 Å². The first kappa shape index (κ1) is 13.1. The minimum Gasteiger partial charge on any atom is -0.275 e. The van der Waals surface area contributed by atoms with Crippen LogP contribution in [0.25, 0.3) is 0 Å². The number of hydrogen-bond donors (Lipinski definition) is 0. The number of rotatable bonds is 6. The van der Waals surface area contributed by atoms with Crippen molar-refractivity contribution in [2.45, 2.75) is 17.7 Å². The number of carbonyl (C=O) groups is 1. The summed E-state index contributed by atoms with van der Waals surface area (Å²) in [7, 11) is 5.00. The smallest absolute Gasteiger partial charge is 0.245 e. The molecule has 1 aromatic rings. The molecule has 0 saturated carbocycles. The van der Waals surface area contributed by atoms with Gasteiger partial charge in [-0.15, -0.1) is 11.8 Å². The number of aromatic nitrogens is 2. The largest absolute Gasteiger partial charge is 0.275 e. The van der Waals surface area contributed by atoms with E-state index in [0.717, 1.165) is 17.1 Å². The molecule has 90 valence electrons. The van der Waals surface area contributed by atoms with E-state index in [2.05, 4.69) is 5.10 Å². The second kappa shape index (κ2) is 6.55. The molecule has 0 atom stereocenters. The van der Waals surface area contributed by atoms with Gasteiger partial charge in [-0.05, 0) is 12.2 Å². The zero-order valence-corrected chi connectivity index (χ0v) is 10.7. The van der Waals surface area contributed by atoms with E-state index in [0.29, 0.717) is 6.42 Å². The molecule has 0 spiro atoms. The van der Waals surface area contributed by atoms with Gasteiger partial charge in [0.05, 0.1) is 13.3 Å². The molecule has 0 bridgehead atoms. The van der Waals surface area contributed by atoms with Gasteiger partial charge in [0.15, 0.2) is 0 Å². The van der Waals surface area contributed by atoms with Gasteiger partial charge < -0.3 is 0 Å². The fourth-order valence-electron chi connectivity index (χ4n) is 1.15. The second-order valence-electron chi connectivity index (χ2n) is 3.38. The fourth-order valence-corrected chi connectivity index (χ4v) is 2.02. The molecular weight excluding hydrogens is 226 g/mol. The topological polar surface area (TPSA) is 47.4 Å². The Morgan fingerprint density at radius 3 is 3.00 bits per heavy atom. The number of nitrogens with zero attached hydrogens (tertiary/aromatic N) is 3. The molecule has 0 saturated heterocycles. The minimum atomic E-state index is 0.00860. The fraction of sp³-hybridized carbons (Fsp3) is 0.600. The maximum atomic E-state index is 11.4. The Hall–Kier alpha value is -1.01. The molecule has 0 N–H and O–H groups in total. The SMILES string of the molecule is CON(C)C(=O)CCCSc1cnn(C)c1. The van der Waals surface area contributed by atoms with Gasteiger partial charge in [0.25, 0.3) is 0 Å². The number of amides is 1. The lowest BCUT2D eigenvalue weighted by atomic mass is 10.3. The molecule has 0 radical (unpaired) electrons. The van der Waals surface area contributed by atoms with Crippen molar-refractivity contribution in [3.05, 3.63) is 12.4 Å². The maximum absolute atomic E-state index is 11.4. The highest BCUT2D eigenvalue weighted by atomic mass is 32.2. The van der Waals surface area contributed by atoms with Crippen molar-refractivity contribution in [2.75, 3.05) is 19.9 Å². The Morgan fingerprint density at radius 2 is 2.44 bits per heavy atom. The first-order valence-electron chi connectivity index (χ1n) is 5.05. The Morgan fingerprint density at radius 1 is 1.69 bits per heavy atom. The molecule has 0 unspecified atom stereocenters. The predicted molar refractivity (Wildman–Crippen MR) is 62.9 cm³/mol. The van der Waals surface area contributed by atoms with Gasteiger partial charge in [0.2, 0.25) is 5.91 Å². The number of hydrogen-bond acceptors (Lipinski definition) is 4. The van der Waals surface area contributed by atoms with Gasteiger partial charge in [0, 0.05) is 31.6 Å². The van der Waals surface area contributed by atoms with Crippen molar-refractivity contribution in [1.29, 1.82) is 0 Å². The molecule has 0 fully saturated rings. The van der Waals surface area contributed by atoms with Crippen molar-refractivity contribution < 1.29 is 9.63 Å². The standard InChI is InChI=1S/C10H17N3O2S/c1-12-8-9(7-11-12)16-6-4-5-10(14)13(2)15-3/h7-8H,4-6H2,1-3H3. The van der Waals surface area contributed by atoms with Gasteiger partial charge in [-0.3, -0.25) is 14.3 Å². The number of aryl methyl sites for hydroxylation is 1. The molecule has 0 aliphatic rings. The summed E-state index contributed by atoms with van der Waals surface area (Å²) in [4.78, 5) is 17.3. The summed E-state index contributed by atoms with van der Waals surface area (Å²) in [6.07, 6.45) is 5.14. The molecule has 1 heterocycles. The van der Waals surface area contributed by atoms with E-state index in [1.807, 2.05) is 19.4 Å². The molecule has 0 aliphatic heterocycles. The third kappa shape index (κ3) is 4.24. The summed E-state index contributed by atoms with van der Waals surface area (Å²) in [6.45, 7) is 0. The molecular formula is C10H17N3O2S. The van der Waals surface area contributed by atoms with Crippen LogP contribution < -0.4 is 0 Å². The quantitative estimate of drug-likeness (QED) is 0.429. The molecule has 16 heavy (non-hydrogen) atoms. The highest BCUT2D eigenvalue weighted by molar-refractivity contribution is 7.99. The number of hydroxylamine groups is 2. The molecule has 0 aliphatic carbocycles. The monoisotopic (exact) mass is 243 g/mol. The van der Waals surface area contributed by atoms with Gasteiger partial charge in [-0.25, -0.2) is 5.06 Å². The number of carbonyl (C=O) groups excluding carboxylic acids is 1. The van der Waals surface area contributed by atoms with Crippen LogP contribution in [0.5, 0.6) is 0 Å².